The molecular weight excluding hydrogens is 494 g/mol. The number of likely N-dealkylation sites (N-methyl/N-ethyl adjacent to an activating group) is 1. The number of nitrogens with two attached hydrogens (primary N) is 1. The van der Waals surface area contributed by atoms with Gasteiger partial charge in [-0.2, -0.15) is 0 Å². The lowest BCUT2D eigenvalue weighted by Gasteiger charge is -2.50. The molecule has 1 fully saturated rings. The minimum Gasteiger partial charge on any atom is -0.508 e. The number of phenols is 1. The fourth-order valence-electron chi connectivity index (χ4n) is 6.19. The molecule has 198 valence electrons. The number of primary amides is 1. The van der Waals surface area contributed by atoms with E-state index in [1.54, 1.807) is 32.4 Å². The van der Waals surface area contributed by atoms with Crippen LogP contribution >= 0.6 is 0 Å². The number of aromatic hydroxyl groups is 1. The number of fused-ring (bicyclic) bond motifs is 3. The molecule has 5 rings (SSSR count). The lowest BCUT2D eigenvalue weighted by atomic mass is 9.57. The Balaban J connectivity index is 1.73. The molecule has 4 atom stereocenters. The van der Waals surface area contributed by atoms with E-state index in [-0.39, 0.29) is 29.7 Å². The Labute approximate surface area is 217 Å². The van der Waals surface area contributed by atoms with Crippen LogP contribution < -0.4 is 10.5 Å². The molecular formula is C27H27N3O8. The molecule has 1 heterocycles. The van der Waals surface area contributed by atoms with Crippen molar-refractivity contribution in [1.29, 1.82) is 0 Å². The number of benzene rings is 1. The monoisotopic (exact) mass is 521 g/mol. The first-order valence-corrected chi connectivity index (χ1v) is 11.9. The van der Waals surface area contributed by atoms with Gasteiger partial charge in [-0.05, 0) is 56.1 Å². The van der Waals surface area contributed by atoms with E-state index in [4.69, 9.17) is 10.5 Å². The number of aromatic nitrogens is 1. The summed E-state index contributed by atoms with van der Waals surface area (Å²) in [5, 5.41) is 44.6. The SMILES string of the molecule is COc1cncc(-c2ccc(O)c3c2C[C@@H]2C[C@@H]4C(N(C)C)C(=O)C(C(N)=O)=C(O)[C@]4(O)C(=O)C2=C3O)c1. The largest absolute Gasteiger partial charge is 0.508 e. The van der Waals surface area contributed by atoms with E-state index in [9.17, 15) is 34.8 Å². The number of amides is 1. The van der Waals surface area contributed by atoms with E-state index < -0.39 is 58.0 Å². The first-order valence-electron chi connectivity index (χ1n) is 11.9. The molecule has 0 bridgehead atoms. The summed E-state index contributed by atoms with van der Waals surface area (Å²) in [6, 6.07) is 3.65. The van der Waals surface area contributed by atoms with Crippen LogP contribution in [0, 0.1) is 11.8 Å². The van der Waals surface area contributed by atoms with Crippen LogP contribution in [0.4, 0.5) is 0 Å². The topological polar surface area (TPSA) is 184 Å². The molecule has 11 nitrogen and oxygen atoms in total. The van der Waals surface area contributed by atoms with Gasteiger partial charge in [-0.25, -0.2) is 0 Å². The van der Waals surface area contributed by atoms with E-state index in [0.29, 0.717) is 22.4 Å². The van der Waals surface area contributed by atoms with Gasteiger partial charge in [-0.1, -0.05) is 6.07 Å². The molecule has 0 radical (unpaired) electrons. The number of Topliss-reactive ketones (excluding diaryl/α,β-unsaturated/α-hetero) is 2. The standard InChI is InChI=1S/C27H27N3O8/c1-30(2)21-16-8-11-7-15-14(12-6-13(38-3)10-29-9-12)4-5-17(31)19(15)22(32)18(11)24(34)27(16,37)25(35)20(23(21)33)26(28)36/h4-6,9-11,16,21,31-32,35,37H,7-8H2,1-3H3,(H2,28,36)/t11-,16-,21?,27-/m1/s1. The maximum absolute atomic E-state index is 13.9. The number of aliphatic hydroxyl groups excluding tert-OH is 2. The second-order valence-electron chi connectivity index (χ2n) is 10.1. The van der Waals surface area contributed by atoms with Crippen molar-refractivity contribution in [2.45, 2.75) is 24.5 Å². The van der Waals surface area contributed by atoms with Gasteiger partial charge < -0.3 is 30.9 Å². The van der Waals surface area contributed by atoms with E-state index >= 15 is 0 Å². The number of ketones is 2. The first-order chi connectivity index (χ1) is 17.9. The van der Waals surface area contributed by atoms with Crippen LogP contribution in [-0.4, -0.2) is 80.6 Å². The van der Waals surface area contributed by atoms with Gasteiger partial charge in [0.15, 0.2) is 11.4 Å². The molecule has 1 saturated carbocycles. The van der Waals surface area contributed by atoms with Crippen LogP contribution in [0.5, 0.6) is 11.5 Å². The number of ether oxygens (including phenoxy) is 1. The number of hydrogen-bond acceptors (Lipinski definition) is 10. The third-order valence-corrected chi connectivity index (χ3v) is 7.86. The molecule has 38 heavy (non-hydrogen) atoms. The number of carbonyl (C=O) groups excluding carboxylic acids is 3. The molecule has 1 aromatic heterocycles. The van der Waals surface area contributed by atoms with Crippen LogP contribution in [0.1, 0.15) is 17.5 Å². The summed E-state index contributed by atoms with van der Waals surface area (Å²) in [4.78, 5) is 44.8. The van der Waals surface area contributed by atoms with Gasteiger partial charge in [0.2, 0.25) is 5.78 Å². The van der Waals surface area contributed by atoms with E-state index in [1.165, 1.54) is 24.3 Å². The predicted molar refractivity (Wildman–Crippen MR) is 134 cm³/mol. The molecule has 3 aliphatic carbocycles. The molecule has 1 unspecified atom stereocenters. The first kappa shape index (κ1) is 25.4. The van der Waals surface area contributed by atoms with E-state index in [2.05, 4.69) is 4.98 Å². The predicted octanol–water partition coefficient (Wildman–Crippen LogP) is 1.03. The van der Waals surface area contributed by atoms with Gasteiger partial charge in [0.25, 0.3) is 5.91 Å². The Hall–Kier alpha value is -4.22. The zero-order valence-corrected chi connectivity index (χ0v) is 20.9. The molecule has 1 amide bonds. The van der Waals surface area contributed by atoms with Gasteiger partial charge in [0, 0.05) is 23.3 Å². The summed E-state index contributed by atoms with van der Waals surface area (Å²) in [5.41, 5.74) is 3.49. The number of pyridine rings is 1. The van der Waals surface area contributed by atoms with Crippen LogP contribution in [0.3, 0.4) is 0 Å². The average Bonchev–Trinajstić information content (AvgIpc) is 2.86. The summed E-state index contributed by atoms with van der Waals surface area (Å²) in [5.74, 6) is -6.37. The highest BCUT2D eigenvalue weighted by Crippen LogP contribution is 2.53. The Morgan fingerprint density at radius 3 is 2.53 bits per heavy atom. The van der Waals surface area contributed by atoms with Crippen molar-refractivity contribution < 1.29 is 39.5 Å². The number of carbonyl (C=O) groups is 3. The second-order valence-corrected chi connectivity index (χ2v) is 10.1. The van der Waals surface area contributed by atoms with Crippen LogP contribution in [0.25, 0.3) is 16.9 Å². The summed E-state index contributed by atoms with van der Waals surface area (Å²) in [6.45, 7) is 0. The van der Waals surface area contributed by atoms with Crippen LogP contribution in [0.15, 0.2) is 47.5 Å². The number of hydrogen-bond donors (Lipinski definition) is 5. The van der Waals surface area contributed by atoms with Crippen molar-refractivity contribution in [2.75, 3.05) is 21.2 Å². The number of methoxy groups -OCH3 is 1. The molecule has 0 saturated heterocycles. The van der Waals surface area contributed by atoms with E-state index in [1.807, 2.05) is 0 Å². The normalized spacial score (nSPS) is 26.7. The fraction of sp³-hybridized carbons (Fsp3) is 0.333. The van der Waals surface area contributed by atoms with Crippen molar-refractivity contribution in [3.05, 3.63) is 58.6 Å². The minimum atomic E-state index is -2.67. The summed E-state index contributed by atoms with van der Waals surface area (Å²) in [6.07, 6.45) is 3.33. The summed E-state index contributed by atoms with van der Waals surface area (Å²) < 4.78 is 5.27. The van der Waals surface area contributed by atoms with E-state index in [0.717, 1.165) is 0 Å². The number of phenolic OH excluding ortho intramolecular Hbond substituents is 1. The van der Waals surface area contributed by atoms with Crippen molar-refractivity contribution >= 4 is 23.2 Å². The molecule has 2 aromatic rings. The Bertz CT molecular complexity index is 1480. The molecule has 3 aliphatic rings. The Morgan fingerprint density at radius 1 is 1.18 bits per heavy atom. The van der Waals surface area contributed by atoms with Crippen LogP contribution in [0.2, 0.25) is 0 Å². The zero-order valence-electron chi connectivity index (χ0n) is 20.9. The van der Waals surface area contributed by atoms with Gasteiger partial charge in [-0.3, -0.25) is 24.3 Å². The summed E-state index contributed by atoms with van der Waals surface area (Å²) >= 11 is 0. The maximum Gasteiger partial charge on any atom is 0.255 e. The van der Waals surface area contributed by atoms with Crippen molar-refractivity contribution in [3.63, 3.8) is 0 Å². The maximum atomic E-state index is 13.9. The molecule has 1 aromatic carbocycles. The van der Waals surface area contributed by atoms with Gasteiger partial charge in [-0.15, -0.1) is 0 Å². The second kappa shape index (κ2) is 8.67. The van der Waals surface area contributed by atoms with Crippen molar-refractivity contribution in [2.24, 2.45) is 17.6 Å². The van der Waals surface area contributed by atoms with Gasteiger partial charge in [0.1, 0.15) is 28.6 Å². The lowest BCUT2D eigenvalue weighted by molar-refractivity contribution is -0.153. The lowest BCUT2D eigenvalue weighted by Crippen LogP contribution is -2.65. The quantitative estimate of drug-likeness (QED) is 0.364. The molecule has 0 spiro atoms. The molecule has 11 heteroatoms. The third kappa shape index (κ3) is 3.35. The number of rotatable bonds is 4. The third-order valence-electron chi connectivity index (χ3n) is 7.86. The average molecular weight is 522 g/mol. The molecule has 0 aliphatic heterocycles. The van der Waals surface area contributed by atoms with Gasteiger partial charge >= 0.3 is 0 Å². The Kier molecular flexibility index (Phi) is 5.80. The van der Waals surface area contributed by atoms with Crippen molar-refractivity contribution in [1.82, 2.24) is 9.88 Å². The zero-order chi connectivity index (χ0) is 27.7. The molecule has 6 N–H and O–H groups in total. The highest BCUT2D eigenvalue weighted by molar-refractivity contribution is 6.24. The fourth-order valence-corrected chi connectivity index (χ4v) is 6.19. The smallest absolute Gasteiger partial charge is 0.255 e. The van der Waals surface area contributed by atoms with Gasteiger partial charge in [0.05, 0.1) is 24.9 Å². The highest BCUT2D eigenvalue weighted by Gasteiger charge is 2.64. The number of aliphatic hydroxyl groups is 3. The van der Waals surface area contributed by atoms with Crippen molar-refractivity contribution in [3.8, 4) is 22.6 Å². The number of nitrogens with zero attached hydrogens (tertiary/aromatic N) is 2. The van der Waals surface area contributed by atoms with Crippen LogP contribution in [-0.2, 0) is 20.8 Å². The highest BCUT2D eigenvalue weighted by atomic mass is 16.5. The Morgan fingerprint density at radius 2 is 1.89 bits per heavy atom. The minimum absolute atomic E-state index is 0.0111. The summed E-state index contributed by atoms with van der Waals surface area (Å²) in [7, 11) is 4.61.